The highest BCUT2D eigenvalue weighted by Gasteiger charge is 2.11. The number of halogens is 1. The number of carbonyl (C=O) groups excluding carboxylic acids is 1. The molecule has 1 N–H and O–H groups in total. The predicted molar refractivity (Wildman–Crippen MR) is 66.8 cm³/mol. The third kappa shape index (κ3) is 4.81. The van der Waals surface area contributed by atoms with Crippen LogP contribution in [0.3, 0.4) is 0 Å². The fraction of sp³-hybridized carbons (Fsp3) is 0.273. The van der Waals surface area contributed by atoms with Gasteiger partial charge in [0.2, 0.25) is 0 Å². The largest absolute Gasteiger partial charge is 0.482 e. The van der Waals surface area contributed by atoms with Gasteiger partial charge in [0.1, 0.15) is 5.75 Å². The Labute approximate surface area is 113 Å². The predicted octanol–water partition coefficient (Wildman–Crippen LogP) is 1.66. The second-order valence-electron chi connectivity index (χ2n) is 3.42. The topological polar surface area (TPSA) is 105 Å². The Morgan fingerprint density at radius 2 is 2.32 bits per heavy atom. The van der Waals surface area contributed by atoms with Crippen LogP contribution < -0.4 is 10.1 Å². The fourth-order valence-corrected chi connectivity index (χ4v) is 1.40. The quantitative estimate of drug-likeness (QED) is 0.485. The standard InChI is InChI=1S/C11H10ClN3O4/c12-9-6-8(15(17)18)2-3-10(9)19-7-11(16)14-5-1-4-13/h2-3,6H,1,5,7H2,(H,14,16). The lowest BCUT2D eigenvalue weighted by Crippen LogP contribution is -2.29. The molecule has 0 aliphatic carbocycles. The molecule has 1 aromatic rings. The highest BCUT2D eigenvalue weighted by Crippen LogP contribution is 2.28. The molecule has 0 aromatic heterocycles. The first kappa shape index (κ1) is 14.7. The number of nitriles is 1. The van der Waals surface area contributed by atoms with Gasteiger partial charge in [-0.2, -0.15) is 5.26 Å². The van der Waals surface area contributed by atoms with Crippen molar-refractivity contribution in [1.82, 2.24) is 5.32 Å². The van der Waals surface area contributed by atoms with Gasteiger partial charge in [-0.3, -0.25) is 14.9 Å². The van der Waals surface area contributed by atoms with Gasteiger partial charge in [-0.15, -0.1) is 0 Å². The van der Waals surface area contributed by atoms with Crippen LogP contribution in [-0.4, -0.2) is 24.0 Å². The van der Waals surface area contributed by atoms with E-state index in [1.165, 1.54) is 12.1 Å². The molecule has 0 heterocycles. The minimum absolute atomic E-state index is 0.0547. The summed E-state index contributed by atoms with van der Waals surface area (Å²) in [5.74, 6) is -0.215. The molecule has 8 heteroatoms. The second-order valence-corrected chi connectivity index (χ2v) is 3.83. The van der Waals surface area contributed by atoms with E-state index in [0.29, 0.717) is 0 Å². The normalized spacial score (nSPS) is 9.47. The van der Waals surface area contributed by atoms with Crippen molar-refractivity contribution in [3.63, 3.8) is 0 Å². The minimum atomic E-state index is -0.579. The van der Waals surface area contributed by atoms with E-state index in [0.717, 1.165) is 6.07 Å². The van der Waals surface area contributed by atoms with Crippen molar-refractivity contribution in [3.8, 4) is 11.8 Å². The van der Waals surface area contributed by atoms with E-state index >= 15 is 0 Å². The maximum Gasteiger partial charge on any atom is 0.271 e. The molecule has 0 atom stereocenters. The van der Waals surface area contributed by atoms with Crippen molar-refractivity contribution < 1.29 is 14.5 Å². The van der Waals surface area contributed by atoms with Crippen molar-refractivity contribution in [2.75, 3.05) is 13.2 Å². The van der Waals surface area contributed by atoms with Gasteiger partial charge in [-0.25, -0.2) is 0 Å². The zero-order valence-corrected chi connectivity index (χ0v) is 10.5. The first-order valence-electron chi connectivity index (χ1n) is 5.25. The number of carbonyl (C=O) groups is 1. The molecule has 1 rings (SSSR count). The van der Waals surface area contributed by atoms with Crippen LogP contribution in [0.1, 0.15) is 6.42 Å². The van der Waals surface area contributed by atoms with Gasteiger partial charge in [0.15, 0.2) is 6.61 Å². The molecule has 0 saturated carbocycles. The summed E-state index contributed by atoms with van der Waals surface area (Å²) in [6, 6.07) is 5.58. The summed E-state index contributed by atoms with van der Waals surface area (Å²) >= 11 is 5.78. The number of benzene rings is 1. The summed E-state index contributed by atoms with van der Waals surface area (Å²) in [5, 5.41) is 21.3. The maximum atomic E-state index is 11.3. The first-order chi connectivity index (χ1) is 9.04. The molecular formula is C11H10ClN3O4. The van der Waals surface area contributed by atoms with E-state index in [1.54, 1.807) is 0 Å². The van der Waals surface area contributed by atoms with Crippen LogP contribution in [0.4, 0.5) is 5.69 Å². The van der Waals surface area contributed by atoms with Gasteiger partial charge in [0.05, 0.1) is 22.4 Å². The summed E-state index contributed by atoms with van der Waals surface area (Å²) in [6.45, 7) is -0.0321. The van der Waals surface area contributed by atoms with E-state index in [9.17, 15) is 14.9 Å². The third-order valence-corrected chi connectivity index (χ3v) is 2.34. The summed E-state index contributed by atoms with van der Waals surface area (Å²) in [6.07, 6.45) is 0.212. The number of hydrogen-bond acceptors (Lipinski definition) is 5. The molecule has 7 nitrogen and oxygen atoms in total. The third-order valence-electron chi connectivity index (χ3n) is 2.04. The lowest BCUT2D eigenvalue weighted by Gasteiger charge is -2.07. The average Bonchev–Trinajstić information content (AvgIpc) is 2.37. The number of rotatable bonds is 6. The molecule has 0 aliphatic rings. The summed E-state index contributed by atoms with van der Waals surface area (Å²) in [7, 11) is 0. The average molecular weight is 284 g/mol. The van der Waals surface area contributed by atoms with Gasteiger partial charge >= 0.3 is 0 Å². The molecule has 0 aliphatic heterocycles. The monoisotopic (exact) mass is 283 g/mol. The van der Waals surface area contributed by atoms with Crippen LogP contribution in [0, 0.1) is 21.4 Å². The molecule has 0 spiro atoms. The number of nitro benzene ring substituents is 1. The Balaban J connectivity index is 2.52. The Kier molecular flexibility index (Phi) is 5.57. The Hall–Kier alpha value is -2.33. The van der Waals surface area contributed by atoms with Crippen LogP contribution in [0.5, 0.6) is 5.75 Å². The number of nitro groups is 1. The van der Waals surface area contributed by atoms with Crippen molar-refractivity contribution in [3.05, 3.63) is 33.3 Å². The summed E-state index contributed by atoms with van der Waals surface area (Å²) in [4.78, 5) is 21.2. The molecule has 1 amide bonds. The van der Waals surface area contributed by atoms with E-state index in [1.807, 2.05) is 6.07 Å². The SMILES string of the molecule is N#CCCNC(=O)COc1ccc([N+](=O)[O-])cc1Cl. The van der Waals surface area contributed by atoms with Gasteiger partial charge in [-0.1, -0.05) is 11.6 Å². The highest BCUT2D eigenvalue weighted by atomic mass is 35.5. The van der Waals surface area contributed by atoms with Gasteiger partial charge in [0, 0.05) is 18.7 Å². The molecule has 0 bridgehead atoms. The summed E-state index contributed by atoms with van der Waals surface area (Å²) < 4.78 is 5.11. The van der Waals surface area contributed by atoms with Crippen molar-refractivity contribution in [2.24, 2.45) is 0 Å². The first-order valence-corrected chi connectivity index (χ1v) is 5.62. The van der Waals surface area contributed by atoms with Crippen molar-refractivity contribution >= 4 is 23.2 Å². The molecule has 0 saturated heterocycles. The Morgan fingerprint density at radius 1 is 1.58 bits per heavy atom. The molecule has 0 unspecified atom stereocenters. The van der Waals surface area contributed by atoms with Crippen molar-refractivity contribution in [2.45, 2.75) is 6.42 Å². The molecule has 0 fully saturated rings. The molecule has 19 heavy (non-hydrogen) atoms. The molecule has 100 valence electrons. The number of non-ortho nitro benzene ring substituents is 1. The zero-order chi connectivity index (χ0) is 14.3. The van der Waals surface area contributed by atoms with Crippen LogP contribution in [0.25, 0.3) is 0 Å². The van der Waals surface area contributed by atoms with Crippen LogP contribution in [0.2, 0.25) is 5.02 Å². The van der Waals surface area contributed by atoms with Crippen LogP contribution in [0.15, 0.2) is 18.2 Å². The van der Waals surface area contributed by atoms with E-state index < -0.39 is 10.8 Å². The van der Waals surface area contributed by atoms with Gasteiger partial charge in [-0.05, 0) is 6.07 Å². The highest BCUT2D eigenvalue weighted by molar-refractivity contribution is 6.32. The van der Waals surface area contributed by atoms with Crippen LogP contribution >= 0.6 is 11.6 Å². The van der Waals surface area contributed by atoms with E-state index in [4.69, 9.17) is 21.6 Å². The van der Waals surface area contributed by atoms with Gasteiger partial charge < -0.3 is 10.1 Å². The maximum absolute atomic E-state index is 11.3. The fourth-order valence-electron chi connectivity index (χ4n) is 1.17. The lowest BCUT2D eigenvalue weighted by molar-refractivity contribution is -0.384. The zero-order valence-electron chi connectivity index (χ0n) is 9.76. The number of nitrogens with one attached hydrogen (secondary N) is 1. The number of ether oxygens (including phenoxy) is 1. The van der Waals surface area contributed by atoms with Crippen molar-refractivity contribution in [1.29, 1.82) is 5.26 Å². The smallest absolute Gasteiger partial charge is 0.271 e. The van der Waals surface area contributed by atoms with Gasteiger partial charge in [0.25, 0.3) is 11.6 Å². The van der Waals surface area contributed by atoms with Crippen LogP contribution in [-0.2, 0) is 4.79 Å². The molecular weight excluding hydrogens is 274 g/mol. The number of nitrogens with zero attached hydrogens (tertiary/aromatic N) is 2. The molecule has 1 aromatic carbocycles. The lowest BCUT2D eigenvalue weighted by atomic mass is 10.3. The van der Waals surface area contributed by atoms with E-state index in [-0.39, 0.29) is 36.0 Å². The van der Waals surface area contributed by atoms with E-state index in [2.05, 4.69) is 5.32 Å². The minimum Gasteiger partial charge on any atom is -0.482 e. The number of hydrogen-bond donors (Lipinski definition) is 1. The summed E-state index contributed by atoms with van der Waals surface area (Å²) in [5.41, 5.74) is -0.157. The second kappa shape index (κ2) is 7.18. The Bertz CT molecular complexity index is 527. The Morgan fingerprint density at radius 3 is 2.89 bits per heavy atom. The molecule has 0 radical (unpaired) electrons. The number of amides is 1.